The van der Waals surface area contributed by atoms with Crippen molar-refractivity contribution in [1.29, 1.82) is 0 Å². The maximum atomic E-state index is 11.6. The predicted molar refractivity (Wildman–Crippen MR) is 60.7 cm³/mol. The third kappa shape index (κ3) is 3.68. The van der Waals surface area contributed by atoms with Gasteiger partial charge in [-0.2, -0.15) is 8.42 Å². The molecular weight excluding hydrogens is 271 g/mol. The summed E-state index contributed by atoms with van der Waals surface area (Å²) in [6.45, 7) is 5.42. The average Bonchev–Trinajstić information content (AvgIpc) is 2.75. The molecule has 0 heterocycles. The van der Waals surface area contributed by atoms with E-state index in [1.807, 2.05) is 6.92 Å². The topological polar surface area (TPSA) is 101 Å². The molecule has 3 atom stereocenters. The van der Waals surface area contributed by atoms with Crippen molar-refractivity contribution in [3.63, 3.8) is 0 Å². The van der Waals surface area contributed by atoms with Gasteiger partial charge >= 0.3 is 35.5 Å². The molecule has 102 valence electrons. The first-order valence-corrected chi connectivity index (χ1v) is 6.95. The summed E-state index contributed by atoms with van der Waals surface area (Å²) in [6, 6.07) is 0. The molecule has 0 amide bonds. The van der Waals surface area contributed by atoms with Crippen LogP contribution < -0.4 is 29.6 Å². The number of aliphatic hydroxyl groups is 1. The van der Waals surface area contributed by atoms with Crippen LogP contribution in [0, 0.1) is 17.3 Å². The molecule has 0 aromatic rings. The number of aliphatic hydroxyl groups excluding tert-OH is 1. The summed E-state index contributed by atoms with van der Waals surface area (Å²) in [5.74, 6) is -2.03. The third-order valence-electron chi connectivity index (χ3n) is 3.23. The summed E-state index contributed by atoms with van der Waals surface area (Å²) in [6.07, 6.45) is 0.671. The molecule has 0 aromatic heterocycles. The molecule has 0 spiro atoms. The Balaban J connectivity index is 0. The van der Waals surface area contributed by atoms with E-state index < -0.39 is 38.8 Å². The first kappa shape index (κ1) is 18.3. The fraction of sp³-hybridized carbons (Fsp3) is 0.900. The molecular formula is C10H19NaO6S. The van der Waals surface area contributed by atoms with E-state index in [1.165, 1.54) is 0 Å². The van der Waals surface area contributed by atoms with Gasteiger partial charge in [-0.1, -0.05) is 20.8 Å². The Morgan fingerprint density at radius 1 is 1.50 bits per heavy atom. The van der Waals surface area contributed by atoms with Gasteiger partial charge in [0.25, 0.3) is 10.1 Å². The zero-order chi connectivity index (χ0) is 13.4. The Hall–Kier alpha value is 0.340. The fourth-order valence-corrected chi connectivity index (χ4v) is 3.02. The first-order chi connectivity index (χ1) is 7.64. The van der Waals surface area contributed by atoms with E-state index >= 15 is 0 Å². The zero-order valence-electron chi connectivity index (χ0n) is 12.1. The predicted octanol–water partition coefficient (Wildman–Crippen LogP) is -2.47. The van der Waals surface area contributed by atoms with Crippen molar-refractivity contribution in [2.75, 3.05) is 6.61 Å². The van der Waals surface area contributed by atoms with E-state index in [9.17, 15) is 18.3 Å². The smallest absolute Gasteiger partial charge is 1.00 e. The van der Waals surface area contributed by atoms with Gasteiger partial charge in [0, 0.05) is 5.92 Å². The summed E-state index contributed by atoms with van der Waals surface area (Å²) >= 11 is 0. The van der Waals surface area contributed by atoms with Gasteiger partial charge in [-0.15, -0.1) is 0 Å². The summed E-state index contributed by atoms with van der Waals surface area (Å²) in [7, 11) is -4.55. The van der Waals surface area contributed by atoms with Gasteiger partial charge in [0.1, 0.15) is 0 Å². The van der Waals surface area contributed by atoms with Crippen LogP contribution in [0.4, 0.5) is 0 Å². The minimum atomic E-state index is -4.55. The Labute approximate surface area is 131 Å². The van der Waals surface area contributed by atoms with Crippen LogP contribution in [0.15, 0.2) is 0 Å². The minimum absolute atomic E-state index is 0. The zero-order valence-corrected chi connectivity index (χ0v) is 13.9. The van der Waals surface area contributed by atoms with Gasteiger partial charge in [-0.05, 0) is 11.8 Å². The number of carbonyl (C=O) groups excluding carboxylic acids is 1. The Kier molecular flexibility index (Phi) is 6.31. The number of hydrogen-bond acceptors (Lipinski definition) is 5. The number of ether oxygens (including phenoxy) is 1. The van der Waals surface area contributed by atoms with E-state index in [0.717, 1.165) is 0 Å². The monoisotopic (exact) mass is 290 g/mol. The summed E-state index contributed by atoms with van der Waals surface area (Å²) in [5.41, 5.74) is -2.61. The largest absolute Gasteiger partial charge is 1.00 e. The van der Waals surface area contributed by atoms with Gasteiger partial charge in [0.15, 0.2) is 5.44 Å². The van der Waals surface area contributed by atoms with Crippen molar-refractivity contribution in [2.24, 2.45) is 17.3 Å². The molecule has 0 bridgehead atoms. The molecule has 6 nitrogen and oxygen atoms in total. The van der Waals surface area contributed by atoms with Crippen molar-refractivity contribution in [2.45, 2.75) is 32.6 Å². The van der Waals surface area contributed by atoms with Gasteiger partial charge in [-0.25, -0.2) is 0 Å². The van der Waals surface area contributed by atoms with Crippen molar-refractivity contribution in [3.8, 4) is 0 Å². The Morgan fingerprint density at radius 2 is 2.00 bits per heavy atom. The first-order valence-electron chi connectivity index (χ1n) is 5.45. The number of rotatable bonds is 5. The minimum Gasteiger partial charge on any atom is -1.00 e. The van der Waals surface area contributed by atoms with Crippen LogP contribution in [0.5, 0.6) is 0 Å². The summed E-state index contributed by atoms with van der Waals surface area (Å²) < 4.78 is 35.4. The second-order valence-electron chi connectivity index (χ2n) is 4.90. The summed E-state index contributed by atoms with van der Waals surface area (Å²) in [5, 5.41) is 9.46. The van der Waals surface area contributed by atoms with E-state index in [4.69, 9.17) is 9.29 Å². The molecule has 1 fully saturated rings. The fourth-order valence-electron chi connectivity index (χ4n) is 2.14. The second kappa shape index (κ2) is 6.19. The molecule has 3 unspecified atom stereocenters. The van der Waals surface area contributed by atoms with Gasteiger partial charge in [0.05, 0.1) is 12.5 Å². The van der Waals surface area contributed by atoms with Crippen LogP contribution in [0.2, 0.25) is 0 Å². The molecule has 1 aliphatic carbocycles. The van der Waals surface area contributed by atoms with E-state index in [0.29, 0.717) is 6.42 Å². The van der Waals surface area contributed by atoms with Crippen molar-refractivity contribution >= 4 is 16.1 Å². The van der Waals surface area contributed by atoms with Crippen LogP contribution in [0.25, 0.3) is 0 Å². The SMILES string of the molecule is CCCOC(=O)C1C(C(O)S(=O)(=O)O)C1(C)C.[H-].[Na+]. The molecule has 0 radical (unpaired) electrons. The standard InChI is InChI=1S/C10H18O6S.Na.H/c1-4-5-16-8(11)6-7(10(6,2)3)9(12)17(13,14)15;;/h6-7,9,12H,4-5H2,1-3H3,(H,13,14,15);;/q;+1;-1. The maximum Gasteiger partial charge on any atom is 1.00 e. The van der Waals surface area contributed by atoms with E-state index in [1.54, 1.807) is 13.8 Å². The number of carbonyl (C=O) groups is 1. The molecule has 2 N–H and O–H groups in total. The quantitative estimate of drug-likeness (QED) is 0.331. The molecule has 0 aliphatic heterocycles. The van der Waals surface area contributed by atoms with Crippen LogP contribution in [-0.4, -0.2) is 36.1 Å². The normalized spacial score (nSPS) is 26.9. The van der Waals surface area contributed by atoms with Crippen molar-refractivity contribution in [1.82, 2.24) is 0 Å². The van der Waals surface area contributed by atoms with Crippen LogP contribution in [-0.2, 0) is 19.6 Å². The van der Waals surface area contributed by atoms with Crippen LogP contribution in [0.3, 0.4) is 0 Å². The van der Waals surface area contributed by atoms with Crippen LogP contribution >= 0.6 is 0 Å². The molecule has 0 saturated heterocycles. The molecule has 0 aromatic carbocycles. The Bertz CT molecular complexity index is 410. The molecule has 1 aliphatic rings. The number of esters is 1. The molecule has 8 heteroatoms. The molecule has 1 rings (SSSR count). The maximum absolute atomic E-state index is 11.6. The van der Waals surface area contributed by atoms with Gasteiger partial charge in [-0.3, -0.25) is 9.35 Å². The van der Waals surface area contributed by atoms with E-state index in [-0.39, 0.29) is 37.6 Å². The van der Waals surface area contributed by atoms with Gasteiger partial charge < -0.3 is 11.3 Å². The molecule has 1 saturated carbocycles. The summed E-state index contributed by atoms with van der Waals surface area (Å²) in [4.78, 5) is 11.6. The van der Waals surface area contributed by atoms with Crippen molar-refractivity contribution < 1.29 is 58.6 Å². The average molecular weight is 290 g/mol. The number of hydrogen-bond donors (Lipinski definition) is 2. The molecule has 18 heavy (non-hydrogen) atoms. The van der Waals surface area contributed by atoms with Gasteiger partial charge in [0.2, 0.25) is 0 Å². The second-order valence-corrected chi connectivity index (χ2v) is 6.41. The van der Waals surface area contributed by atoms with Crippen LogP contribution in [0.1, 0.15) is 28.6 Å². The third-order valence-corrected chi connectivity index (χ3v) is 4.13. The Morgan fingerprint density at radius 3 is 2.39 bits per heavy atom. The van der Waals surface area contributed by atoms with E-state index in [2.05, 4.69) is 0 Å². The van der Waals surface area contributed by atoms with Crippen molar-refractivity contribution in [3.05, 3.63) is 0 Å².